The molecule has 0 amide bonds. The molecule has 0 aliphatic rings. The molecular formula is C8H12N12O18. The average molecular weight is 564 g/mol. The van der Waals surface area contributed by atoms with Crippen molar-refractivity contribution in [3.63, 3.8) is 0 Å². The maximum Gasteiger partial charge on any atom is 0.871 e. The van der Waals surface area contributed by atoms with Crippen LogP contribution in [0.3, 0.4) is 0 Å². The fourth-order valence-corrected chi connectivity index (χ4v) is 3.00. The van der Waals surface area contributed by atoms with Crippen molar-refractivity contribution < 1.29 is 44.4 Å². The molecule has 30 heteroatoms. The molecule has 1 atom stereocenters. The maximum absolute atomic E-state index is 11.9. The minimum Gasteiger partial charge on any atom is -0.316 e. The number of nitro groups is 9. The lowest BCUT2D eigenvalue weighted by Gasteiger charge is -2.26. The summed E-state index contributed by atoms with van der Waals surface area (Å²) in [6, 6.07) is 0. The number of rotatable bonds is 18. The van der Waals surface area contributed by atoms with Crippen molar-refractivity contribution in [2.24, 2.45) is 0 Å². The summed E-state index contributed by atoms with van der Waals surface area (Å²) in [5.41, 5.74) is 0. The van der Waals surface area contributed by atoms with E-state index in [0.717, 1.165) is 0 Å². The number of nitrogens with zero attached hydrogens (tertiary/aromatic N) is 10. The van der Waals surface area contributed by atoms with Crippen molar-refractivity contribution in [2.75, 3.05) is 19.6 Å². The molecule has 212 valence electrons. The molecule has 0 aliphatic heterocycles. The molecule has 0 rings (SSSR count). The molecular weight excluding hydrogens is 552 g/mol. The van der Waals surface area contributed by atoms with E-state index in [-0.39, 0.29) is 6.54 Å². The summed E-state index contributed by atoms with van der Waals surface area (Å²) >= 11 is 0. The summed E-state index contributed by atoms with van der Waals surface area (Å²) in [7, 11) is 0. The van der Waals surface area contributed by atoms with Gasteiger partial charge in [0.2, 0.25) is 0 Å². The number of hydrazine groups is 1. The Labute approximate surface area is 202 Å². The van der Waals surface area contributed by atoms with Gasteiger partial charge in [-0.2, -0.15) is 0 Å². The fraction of sp³-hybridized carbons (Fsp3) is 1.00. The summed E-state index contributed by atoms with van der Waals surface area (Å²) in [5, 5.41) is 103. The second-order valence-corrected chi connectivity index (χ2v) is 6.30. The normalized spacial score (nSPS) is 12.6. The van der Waals surface area contributed by atoms with E-state index in [2.05, 4.69) is 5.32 Å². The van der Waals surface area contributed by atoms with Crippen molar-refractivity contribution in [1.82, 2.24) is 15.6 Å². The molecule has 1 unspecified atom stereocenters. The van der Waals surface area contributed by atoms with Gasteiger partial charge in [0.05, 0.1) is 4.92 Å². The lowest BCUT2D eigenvalue weighted by atomic mass is 10.1. The summed E-state index contributed by atoms with van der Waals surface area (Å²) in [5.74, 6) is -18.7. The Morgan fingerprint density at radius 3 is 1.26 bits per heavy atom. The molecule has 0 saturated heterocycles. The number of nitrogens with one attached hydrogen (secondary N) is 2. The maximum atomic E-state index is 11.9. The van der Waals surface area contributed by atoms with E-state index in [0.29, 0.717) is 0 Å². The second-order valence-electron chi connectivity index (χ2n) is 6.30. The smallest absolute Gasteiger partial charge is 0.316 e. The topological polar surface area (TPSA) is 416 Å². The first-order valence-corrected chi connectivity index (χ1v) is 8.85. The van der Waals surface area contributed by atoms with Gasteiger partial charge in [0.1, 0.15) is 9.85 Å². The lowest BCUT2D eigenvalue weighted by molar-refractivity contribution is -1.10. The van der Waals surface area contributed by atoms with Crippen LogP contribution in [0.15, 0.2) is 0 Å². The highest BCUT2D eigenvalue weighted by atomic mass is 16.8. The third kappa shape index (κ3) is 4.36. The Balaban J connectivity index is 8.50. The number of hydrogen-bond donors (Lipinski definition) is 2. The standard InChI is InChI=1S/C8H12N12O18/c1-2-9-3-4-10-5(11(21)22)6(13(23)24,14(25)26)12(20(37)38)7(15(27)28,16(29)30)8(17(31)32,18(33)34)19(35)36/h5,9-10H,2-4H2,1H3. The first-order valence-electron chi connectivity index (χ1n) is 8.85. The quantitative estimate of drug-likeness (QED) is 0.0696. The fourth-order valence-electron chi connectivity index (χ4n) is 3.00. The molecule has 0 fully saturated rings. The van der Waals surface area contributed by atoms with E-state index < -0.39 is 86.0 Å². The van der Waals surface area contributed by atoms with Gasteiger partial charge in [0, 0.05) is 13.1 Å². The van der Waals surface area contributed by atoms with E-state index in [1.165, 1.54) is 12.2 Å². The molecule has 0 radical (unpaired) electrons. The third-order valence-electron chi connectivity index (χ3n) is 4.50. The molecule has 30 nitrogen and oxygen atoms in total. The van der Waals surface area contributed by atoms with Crippen molar-refractivity contribution in [3.8, 4) is 0 Å². The average Bonchev–Trinajstić information content (AvgIpc) is 2.74. The van der Waals surface area contributed by atoms with E-state index in [9.17, 15) is 91.0 Å². The molecule has 0 spiro atoms. The molecule has 2 N–H and O–H groups in total. The molecule has 0 heterocycles. The first kappa shape index (κ1) is 32.3. The Morgan fingerprint density at radius 2 is 1.03 bits per heavy atom. The highest BCUT2D eigenvalue weighted by Crippen LogP contribution is 2.41. The summed E-state index contributed by atoms with van der Waals surface area (Å²) < 4.78 is 0. The molecule has 0 aliphatic carbocycles. The summed E-state index contributed by atoms with van der Waals surface area (Å²) in [6.45, 7) is -0.0107. The van der Waals surface area contributed by atoms with Crippen LogP contribution in [0.5, 0.6) is 0 Å². The van der Waals surface area contributed by atoms with Crippen molar-refractivity contribution in [3.05, 3.63) is 91.0 Å². The molecule has 0 aromatic rings. The highest BCUT2D eigenvalue weighted by molar-refractivity contribution is 4.84. The van der Waals surface area contributed by atoms with Crippen LogP contribution in [0.4, 0.5) is 0 Å². The minimum atomic E-state index is -6.54. The van der Waals surface area contributed by atoms with E-state index >= 15 is 0 Å². The molecule has 0 aromatic heterocycles. The van der Waals surface area contributed by atoms with Crippen LogP contribution in [0, 0.1) is 91.0 Å². The van der Waals surface area contributed by atoms with Gasteiger partial charge in [-0.05, 0) is 6.54 Å². The van der Waals surface area contributed by atoms with Crippen LogP contribution < -0.4 is 10.6 Å². The predicted octanol–water partition coefficient (Wildman–Crippen LogP) is -3.82. The van der Waals surface area contributed by atoms with Gasteiger partial charge in [-0.1, -0.05) is 6.92 Å². The SMILES string of the molecule is CCNCCNC([N+](=O)[O-])C(N([N+](=O)[O-])C([N+](=O)[O-])([N+](=O)[O-])C([N+](=O)[O-])([N+](=O)[O-])[N+](=O)[O-])([N+](=O)[O-])[N+](=O)[O-]. The highest BCUT2D eigenvalue weighted by Gasteiger charge is 3.15. The van der Waals surface area contributed by atoms with Crippen LogP contribution in [0.1, 0.15) is 6.92 Å². The molecule has 0 saturated carbocycles. The summed E-state index contributed by atoms with van der Waals surface area (Å²) in [4.78, 5) is 82.0. The van der Waals surface area contributed by atoms with Gasteiger partial charge in [0.25, 0.3) is 0 Å². The van der Waals surface area contributed by atoms with Crippen LogP contribution in [0.25, 0.3) is 0 Å². The van der Waals surface area contributed by atoms with E-state index in [4.69, 9.17) is 0 Å². The van der Waals surface area contributed by atoms with Gasteiger partial charge in [-0.15, -0.1) is 0 Å². The third-order valence-corrected chi connectivity index (χ3v) is 4.50. The molecule has 0 bridgehead atoms. The monoisotopic (exact) mass is 564 g/mol. The van der Waals surface area contributed by atoms with Crippen LogP contribution in [-0.2, 0) is 0 Å². The minimum absolute atomic E-state index is 0.0736. The predicted molar refractivity (Wildman–Crippen MR) is 103 cm³/mol. The zero-order valence-corrected chi connectivity index (χ0v) is 18.0. The first-order chi connectivity index (χ1) is 17.3. The van der Waals surface area contributed by atoms with Crippen LogP contribution in [0.2, 0.25) is 0 Å². The number of hydrogen-bond acceptors (Lipinski definition) is 20. The van der Waals surface area contributed by atoms with Crippen molar-refractivity contribution in [1.29, 1.82) is 0 Å². The van der Waals surface area contributed by atoms with Gasteiger partial charge < -0.3 is 5.32 Å². The Kier molecular flexibility index (Phi) is 9.67. The van der Waals surface area contributed by atoms with Crippen molar-refractivity contribution >= 4 is 0 Å². The van der Waals surface area contributed by atoms with Gasteiger partial charge in [0.15, 0.2) is 34.7 Å². The van der Waals surface area contributed by atoms with Crippen LogP contribution >= 0.6 is 0 Å². The molecule has 38 heavy (non-hydrogen) atoms. The zero-order valence-electron chi connectivity index (χ0n) is 18.0. The second kappa shape index (κ2) is 11.4. The van der Waals surface area contributed by atoms with Crippen LogP contribution in [-0.4, -0.2) is 92.6 Å². The van der Waals surface area contributed by atoms with Gasteiger partial charge in [-0.25, -0.2) is 15.4 Å². The molecule has 0 aromatic carbocycles. The Morgan fingerprint density at radius 1 is 0.632 bits per heavy atom. The lowest BCUT2D eigenvalue weighted by Crippen LogP contribution is -2.89. The zero-order chi connectivity index (χ0) is 30.4. The summed E-state index contributed by atoms with van der Waals surface area (Å²) in [6.07, 6.45) is -4.02. The largest absolute Gasteiger partial charge is 0.871 e. The van der Waals surface area contributed by atoms with E-state index in [1.54, 1.807) is 0 Å². The van der Waals surface area contributed by atoms with Crippen molar-refractivity contribution in [2.45, 2.75) is 30.4 Å². The van der Waals surface area contributed by atoms with Gasteiger partial charge >= 0.3 is 23.5 Å². The Bertz CT molecular complexity index is 1010. The Hall–Kier alpha value is -5.68. The van der Waals surface area contributed by atoms with Gasteiger partial charge in [-0.3, -0.25) is 80.9 Å². The number of likely N-dealkylation sites (N-methyl/N-ethyl adjacent to an activating group) is 1. The van der Waals surface area contributed by atoms with E-state index in [1.807, 2.05) is 0 Å².